The molecule has 4 rings (SSSR count). The highest BCUT2D eigenvalue weighted by Crippen LogP contribution is 2.32. The van der Waals surface area contributed by atoms with Crippen LogP contribution in [0.1, 0.15) is 47.5 Å². The number of fused-ring (bicyclic) bond motifs is 2. The van der Waals surface area contributed by atoms with E-state index in [-0.39, 0.29) is 23.7 Å². The van der Waals surface area contributed by atoms with E-state index >= 15 is 0 Å². The van der Waals surface area contributed by atoms with Crippen molar-refractivity contribution >= 4 is 45.6 Å². The Kier molecular flexibility index (Phi) is 5.05. The maximum Gasteiger partial charge on any atom is 0.276 e. The number of carbonyl (C=O) groups excluding carboxylic acids is 1. The Morgan fingerprint density at radius 1 is 1.31 bits per heavy atom. The number of benzene rings is 1. The van der Waals surface area contributed by atoms with E-state index in [9.17, 15) is 4.79 Å². The molecule has 8 heteroatoms. The average molecular weight is 392 g/mol. The van der Waals surface area contributed by atoms with Gasteiger partial charge in [-0.25, -0.2) is 4.98 Å². The molecule has 0 bridgehead atoms. The Bertz CT molecular complexity index is 956. The second-order valence-electron chi connectivity index (χ2n) is 7.36. The molecular formula is C18H22ClN5OS. The quantitative estimate of drug-likeness (QED) is 0.622. The lowest BCUT2D eigenvalue weighted by Gasteiger charge is -2.13. The third-order valence-corrected chi connectivity index (χ3v) is 5.75. The Morgan fingerprint density at radius 2 is 2.12 bits per heavy atom. The van der Waals surface area contributed by atoms with Crippen LogP contribution in [0.25, 0.3) is 10.2 Å². The van der Waals surface area contributed by atoms with Crippen molar-refractivity contribution in [1.29, 1.82) is 0 Å². The van der Waals surface area contributed by atoms with Crippen molar-refractivity contribution in [3.63, 3.8) is 0 Å². The number of H-pyrrole nitrogens is 1. The summed E-state index contributed by atoms with van der Waals surface area (Å²) >= 11 is 1.67. The predicted molar refractivity (Wildman–Crippen MR) is 108 cm³/mol. The number of thiazole rings is 1. The number of nitrogens with one attached hydrogen (secondary N) is 3. The van der Waals surface area contributed by atoms with Crippen molar-refractivity contribution in [3.05, 3.63) is 40.2 Å². The molecule has 26 heavy (non-hydrogen) atoms. The van der Waals surface area contributed by atoms with Gasteiger partial charge in [0.2, 0.25) is 0 Å². The molecule has 0 unspecified atom stereocenters. The van der Waals surface area contributed by atoms with Gasteiger partial charge in [0.15, 0.2) is 5.69 Å². The van der Waals surface area contributed by atoms with Crippen LogP contribution in [0.5, 0.6) is 0 Å². The van der Waals surface area contributed by atoms with E-state index in [4.69, 9.17) is 4.98 Å². The lowest BCUT2D eigenvalue weighted by Crippen LogP contribution is -2.25. The second-order valence-corrected chi connectivity index (χ2v) is 8.39. The predicted octanol–water partition coefficient (Wildman–Crippen LogP) is 3.64. The van der Waals surface area contributed by atoms with Crippen LogP contribution in [0.2, 0.25) is 0 Å². The molecule has 0 saturated carbocycles. The SMILES string of the molecule is CC(C)(C)c1nc2ccc(NC(=O)c3n[nH]c4c3CNCC4)cc2s1.Cl. The van der Waals surface area contributed by atoms with Gasteiger partial charge in [-0.15, -0.1) is 23.7 Å². The molecule has 1 aliphatic heterocycles. The van der Waals surface area contributed by atoms with Gasteiger partial charge in [-0.05, 0) is 18.2 Å². The lowest BCUT2D eigenvalue weighted by atomic mass is 9.98. The zero-order valence-electron chi connectivity index (χ0n) is 15.0. The van der Waals surface area contributed by atoms with Gasteiger partial charge in [0.1, 0.15) is 0 Å². The Labute approximate surface area is 162 Å². The molecule has 2 aromatic heterocycles. The number of nitrogens with zero attached hydrogens (tertiary/aromatic N) is 2. The molecule has 0 atom stereocenters. The lowest BCUT2D eigenvalue weighted by molar-refractivity contribution is 0.102. The number of amides is 1. The molecule has 0 aliphatic carbocycles. The summed E-state index contributed by atoms with van der Waals surface area (Å²) in [6.07, 6.45) is 0.873. The molecule has 3 aromatic rings. The number of hydrogen-bond donors (Lipinski definition) is 3. The van der Waals surface area contributed by atoms with Gasteiger partial charge >= 0.3 is 0 Å². The fourth-order valence-electron chi connectivity index (χ4n) is 2.93. The van der Waals surface area contributed by atoms with Crippen molar-refractivity contribution in [2.75, 3.05) is 11.9 Å². The molecule has 0 radical (unpaired) electrons. The smallest absolute Gasteiger partial charge is 0.276 e. The van der Waals surface area contributed by atoms with Crippen molar-refractivity contribution in [2.45, 2.75) is 39.2 Å². The topological polar surface area (TPSA) is 82.7 Å². The van der Waals surface area contributed by atoms with Gasteiger partial charge in [-0.3, -0.25) is 9.89 Å². The molecule has 3 N–H and O–H groups in total. The molecule has 0 saturated heterocycles. The number of rotatable bonds is 2. The number of carbonyl (C=O) groups is 1. The summed E-state index contributed by atoms with van der Waals surface area (Å²) in [4.78, 5) is 17.3. The first-order valence-electron chi connectivity index (χ1n) is 8.41. The Morgan fingerprint density at radius 3 is 2.88 bits per heavy atom. The molecule has 138 valence electrons. The number of hydrogen-bond acceptors (Lipinski definition) is 5. The third-order valence-electron chi connectivity index (χ3n) is 4.31. The molecule has 3 heterocycles. The van der Waals surface area contributed by atoms with Crippen LogP contribution in [-0.4, -0.2) is 27.6 Å². The van der Waals surface area contributed by atoms with Crippen molar-refractivity contribution in [2.24, 2.45) is 0 Å². The minimum absolute atomic E-state index is 0. The highest BCUT2D eigenvalue weighted by Gasteiger charge is 2.22. The molecule has 6 nitrogen and oxygen atoms in total. The first-order chi connectivity index (χ1) is 11.9. The summed E-state index contributed by atoms with van der Waals surface area (Å²) in [5.41, 5.74) is 4.25. The monoisotopic (exact) mass is 391 g/mol. The van der Waals surface area contributed by atoms with Gasteiger partial charge in [0.25, 0.3) is 5.91 Å². The van der Waals surface area contributed by atoms with Crippen molar-refractivity contribution < 1.29 is 4.79 Å². The first-order valence-corrected chi connectivity index (χ1v) is 9.23. The summed E-state index contributed by atoms with van der Waals surface area (Å²) in [5.74, 6) is -0.180. The first kappa shape index (κ1) is 18.8. The maximum absolute atomic E-state index is 12.6. The Balaban J connectivity index is 0.00000196. The van der Waals surface area contributed by atoms with E-state index in [1.807, 2.05) is 18.2 Å². The summed E-state index contributed by atoms with van der Waals surface area (Å²) in [7, 11) is 0. The van der Waals surface area contributed by atoms with Gasteiger partial charge in [-0.2, -0.15) is 5.10 Å². The van der Waals surface area contributed by atoms with Crippen LogP contribution in [0.15, 0.2) is 18.2 Å². The van der Waals surface area contributed by atoms with Crippen LogP contribution in [0, 0.1) is 0 Å². The number of aromatic nitrogens is 3. The van der Waals surface area contributed by atoms with E-state index in [1.54, 1.807) is 11.3 Å². The number of anilines is 1. The van der Waals surface area contributed by atoms with Gasteiger partial charge in [0.05, 0.1) is 15.2 Å². The number of halogens is 1. The molecular weight excluding hydrogens is 370 g/mol. The standard InChI is InChI=1S/C18H21N5OS.ClH/c1-18(2,3)17-21-13-5-4-10(8-14(13)25-17)20-16(24)15-11-9-19-7-6-12(11)22-23-15;/h4-5,8,19H,6-7,9H2,1-3H3,(H,20,24)(H,22,23);1H. The van der Waals surface area contributed by atoms with Crippen LogP contribution >= 0.6 is 23.7 Å². The third kappa shape index (κ3) is 3.47. The normalized spacial score (nSPS) is 14.0. The fourth-order valence-corrected chi connectivity index (χ4v) is 3.99. The minimum Gasteiger partial charge on any atom is -0.321 e. The van der Waals surface area contributed by atoms with E-state index in [2.05, 4.69) is 41.6 Å². The van der Waals surface area contributed by atoms with Crippen LogP contribution < -0.4 is 10.6 Å². The molecule has 1 aromatic carbocycles. The van der Waals surface area contributed by atoms with E-state index < -0.39 is 0 Å². The van der Waals surface area contributed by atoms with Crippen molar-refractivity contribution in [1.82, 2.24) is 20.5 Å². The van der Waals surface area contributed by atoms with Crippen molar-refractivity contribution in [3.8, 4) is 0 Å². The van der Waals surface area contributed by atoms with E-state index in [1.165, 1.54) is 0 Å². The van der Waals surface area contributed by atoms with Crippen LogP contribution in [0.4, 0.5) is 5.69 Å². The largest absolute Gasteiger partial charge is 0.321 e. The Hall–Kier alpha value is -1.96. The zero-order chi connectivity index (χ0) is 17.6. The van der Waals surface area contributed by atoms with Crippen LogP contribution in [0.3, 0.4) is 0 Å². The molecule has 0 fully saturated rings. The highest BCUT2D eigenvalue weighted by molar-refractivity contribution is 7.18. The summed E-state index contributed by atoms with van der Waals surface area (Å²) in [5, 5.41) is 14.5. The van der Waals surface area contributed by atoms with Gasteiger partial charge in [0, 0.05) is 41.9 Å². The minimum atomic E-state index is -0.180. The summed E-state index contributed by atoms with van der Waals surface area (Å²) in [6.45, 7) is 8.05. The zero-order valence-corrected chi connectivity index (χ0v) is 16.6. The van der Waals surface area contributed by atoms with E-state index in [0.717, 1.165) is 45.1 Å². The average Bonchev–Trinajstić information content (AvgIpc) is 3.18. The molecule has 1 amide bonds. The van der Waals surface area contributed by atoms with Crippen LogP contribution in [-0.2, 0) is 18.4 Å². The van der Waals surface area contributed by atoms with Gasteiger partial charge in [-0.1, -0.05) is 20.8 Å². The summed E-state index contributed by atoms with van der Waals surface area (Å²) in [6, 6.07) is 5.83. The second kappa shape index (κ2) is 6.98. The van der Waals surface area contributed by atoms with E-state index in [0.29, 0.717) is 12.2 Å². The molecule has 0 spiro atoms. The molecule has 1 aliphatic rings. The maximum atomic E-state index is 12.6. The highest BCUT2D eigenvalue weighted by atomic mass is 35.5. The summed E-state index contributed by atoms with van der Waals surface area (Å²) < 4.78 is 1.08. The fraction of sp³-hybridized carbons (Fsp3) is 0.389. The number of aromatic amines is 1. The van der Waals surface area contributed by atoms with Gasteiger partial charge < -0.3 is 10.6 Å².